The number of nitrogens with zero attached hydrogens (tertiary/aromatic N) is 3. The molecule has 3 aliphatic rings. The molecule has 0 aromatic rings. The summed E-state index contributed by atoms with van der Waals surface area (Å²) >= 11 is 0. The molecule has 0 bridgehead atoms. The van der Waals surface area contributed by atoms with Crippen molar-refractivity contribution in [2.75, 3.05) is 33.3 Å². The van der Waals surface area contributed by atoms with Crippen molar-refractivity contribution in [3.05, 3.63) is 0 Å². The molecule has 19 heavy (non-hydrogen) atoms. The largest absolute Gasteiger partial charge is 0.374 e. The lowest BCUT2D eigenvalue weighted by Crippen LogP contribution is -2.45. The SMILES string of the molecule is CN(C(N)=NCC1CN(C2CC2)CCO1)C1CC1.I. The van der Waals surface area contributed by atoms with E-state index in [-0.39, 0.29) is 30.1 Å². The van der Waals surface area contributed by atoms with E-state index in [9.17, 15) is 0 Å². The first-order chi connectivity index (χ1) is 8.74. The molecule has 5 nitrogen and oxygen atoms in total. The molecule has 1 aliphatic heterocycles. The molecule has 0 aromatic carbocycles. The summed E-state index contributed by atoms with van der Waals surface area (Å²) in [6.45, 7) is 3.65. The summed E-state index contributed by atoms with van der Waals surface area (Å²) in [5.41, 5.74) is 5.99. The molecule has 1 atom stereocenters. The van der Waals surface area contributed by atoms with Crippen molar-refractivity contribution < 1.29 is 4.74 Å². The van der Waals surface area contributed by atoms with Crippen LogP contribution in [0.15, 0.2) is 4.99 Å². The van der Waals surface area contributed by atoms with Crippen LogP contribution in [0.1, 0.15) is 25.7 Å². The van der Waals surface area contributed by atoms with Gasteiger partial charge in [0.05, 0.1) is 19.3 Å². The zero-order chi connectivity index (χ0) is 12.5. The molecule has 1 saturated heterocycles. The molecule has 1 heterocycles. The maximum absolute atomic E-state index is 5.99. The van der Waals surface area contributed by atoms with E-state index < -0.39 is 0 Å². The molecule has 2 aliphatic carbocycles. The summed E-state index contributed by atoms with van der Waals surface area (Å²) in [5, 5.41) is 0. The van der Waals surface area contributed by atoms with E-state index in [1.165, 1.54) is 25.7 Å². The topological polar surface area (TPSA) is 54.1 Å². The smallest absolute Gasteiger partial charge is 0.191 e. The van der Waals surface area contributed by atoms with Gasteiger partial charge in [0.1, 0.15) is 0 Å². The molecule has 0 aromatic heterocycles. The minimum atomic E-state index is 0. The number of morpholine rings is 1. The fraction of sp³-hybridized carbons (Fsp3) is 0.923. The highest BCUT2D eigenvalue weighted by molar-refractivity contribution is 14.0. The van der Waals surface area contributed by atoms with E-state index in [1.807, 2.05) is 7.05 Å². The van der Waals surface area contributed by atoms with E-state index in [1.54, 1.807) is 0 Å². The zero-order valence-electron chi connectivity index (χ0n) is 11.6. The summed E-state index contributed by atoms with van der Waals surface area (Å²) in [7, 11) is 2.04. The summed E-state index contributed by atoms with van der Waals surface area (Å²) in [6.07, 6.45) is 5.46. The maximum atomic E-state index is 5.99. The second-order valence-electron chi connectivity index (χ2n) is 5.76. The van der Waals surface area contributed by atoms with Gasteiger partial charge >= 0.3 is 0 Å². The first kappa shape index (κ1) is 15.3. The Labute approximate surface area is 132 Å². The summed E-state index contributed by atoms with van der Waals surface area (Å²) < 4.78 is 5.77. The highest BCUT2D eigenvalue weighted by atomic mass is 127. The van der Waals surface area contributed by atoms with Crippen LogP contribution in [0.3, 0.4) is 0 Å². The van der Waals surface area contributed by atoms with Crippen LogP contribution in [-0.2, 0) is 4.74 Å². The first-order valence-electron chi connectivity index (χ1n) is 7.12. The fourth-order valence-electron chi connectivity index (χ4n) is 2.58. The summed E-state index contributed by atoms with van der Waals surface area (Å²) in [4.78, 5) is 9.14. The normalized spacial score (nSPS) is 28.9. The molecular weight excluding hydrogens is 355 g/mol. The molecule has 3 rings (SSSR count). The molecular formula is C13H25IN4O. The number of aliphatic imine (C=N–C) groups is 1. The highest BCUT2D eigenvalue weighted by Gasteiger charge is 2.33. The van der Waals surface area contributed by atoms with E-state index in [0.717, 1.165) is 25.7 Å². The maximum Gasteiger partial charge on any atom is 0.191 e. The van der Waals surface area contributed by atoms with Gasteiger partial charge in [-0.25, -0.2) is 0 Å². The number of halogens is 1. The van der Waals surface area contributed by atoms with Crippen LogP contribution in [0.25, 0.3) is 0 Å². The van der Waals surface area contributed by atoms with Crippen LogP contribution in [-0.4, -0.2) is 67.2 Å². The molecule has 6 heteroatoms. The monoisotopic (exact) mass is 380 g/mol. The van der Waals surface area contributed by atoms with Gasteiger partial charge in [0.25, 0.3) is 0 Å². The lowest BCUT2D eigenvalue weighted by atomic mass is 10.2. The van der Waals surface area contributed by atoms with Crippen LogP contribution in [0.2, 0.25) is 0 Å². The van der Waals surface area contributed by atoms with Gasteiger partial charge in [-0.1, -0.05) is 0 Å². The van der Waals surface area contributed by atoms with Crippen molar-refractivity contribution in [2.45, 2.75) is 43.9 Å². The Bertz CT molecular complexity index is 331. The van der Waals surface area contributed by atoms with Gasteiger partial charge < -0.3 is 15.4 Å². The van der Waals surface area contributed by atoms with Crippen LogP contribution >= 0.6 is 24.0 Å². The minimum Gasteiger partial charge on any atom is -0.374 e. The fourth-order valence-corrected chi connectivity index (χ4v) is 2.58. The van der Waals surface area contributed by atoms with Crippen molar-refractivity contribution in [1.82, 2.24) is 9.80 Å². The quantitative estimate of drug-likeness (QED) is 0.447. The Balaban J connectivity index is 0.00000133. The number of guanidine groups is 1. The third-order valence-electron chi connectivity index (χ3n) is 4.15. The van der Waals surface area contributed by atoms with Gasteiger partial charge in [-0.3, -0.25) is 9.89 Å². The Morgan fingerprint density at radius 1 is 1.37 bits per heavy atom. The summed E-state index contributed by atoms with van der Waals surface area (Å²) in [6, 6.07) is 1.45. The molecule has 0 radical (unpaired) electrons. The lowest BCUT2D eigenvalue weighted by Gasteiger charge is -2.32. The van der Waals surface area contributed by atoms with Gasteiger partial charge in [0.2, 0.25) is 0 Å². The molecule has 110 valence electrons. The van der Waals surface area contributed by atoms with Crippen LogP contribution < -0.4 is 5.73 Å². The Morgan fingerprint density at radius 3 is 2.74 bits per heavy atom. The van der Waals surface area contributed by atoms with Crippen LogP contribution in [0.5, 0.6) is 0 Å². The first-order valence-corrected chi connectivity index (χ1v) is 7.12. The standard InChI is InChI=1S/C13H24N4O.HI/c1-16(10-2-3-10)13(14)15-8-12-9-17(6-7-18-12)11-4-5-11;/h10-12H,2-9H2,1H3,(H2,14,15);1H. The number of hydrogen-bond donors (Lipinski definition) is 1. The van der Waals surface area contributed by atoms with E-state index in [2.05, 4.69) is 14.8 Å². The molecule has 2 N–H and O–H groups in total. The Hall–Kier alpha value is -0.0800. The second kappa shape index (κ2) is 6.58. The third kappa shape index (κ3) is 4.19. The van der Waals surface area contributed by atoms with Gasteiger partial charge in [-0.15, -0.1) is 24.0 Å². The molecule has 0 spiro atoms. The number of rotatable bonds is 4. The van der Waals surface area contributed by atoms with Crippen LogP contribution in [0, 0.1) is 0 Å². The molecule has 3 fully saturated rings. The zero-order valence-corrected chi connectivity index (χ0v) is 14.0. The summed E-state index contributed by atoms with van der Waals surface area (Å²) in [5.74, 6) is 0.671. The predicted molar refractivity (Wildman–Crippen MR) is 87.0 cm³/mol. The number of hydrogen-bond acceptors (Lipinski definition) is 3. The van der Waals surface area contributed by atoms with Crippen molar-refractivity contribution in [2.24, 2.45) is 10.7 Å². The molecule has 2 saturated carbocycles. The van der Waals surface area contributed by atoms with Crippen molar-refractivity contribution >= 4 is 29.9 Å². The van der Waals surface area contributed by atoms with E-state index >= 15 is 0 Å². The highest BCUT2D eigenvalue weighted by Crippen LogP contribution is 2.28. The Kier molecular flexibility index (Phi) is 5.30. The van der Waals surface area contributed by atoms with Gasteiger partial charge in [0, 0.05) is 32.2 Å². The van der Waals surface area contributed by atoms with E-state index in [0.29, 0.717) is 18.5 Å². The van der Waals surface area contributed by atoms with Crippen molar-refractivity contribution in [3.8, 4) is 0 Å². The number of nitrogens with two attached hydrogens (primary N) is 1. The third-order valence-corrected chi connectivity index (χ3v) is 4.15. The lowest BCUT2D eigenvalue weighted by molar-refractivity contribution is -0.0259. The van der Waals surface area contributed by atoms with Crippen molar-refractivity contribution in [3.63, 3.8) is 0 Å². The predicted octanol–water partition coefficient (Wildman–Crippen LogP) is 0.876. The van der Waals surface area contributed by atoms with Crippen LogP contribution in [0.4, 0.5) is 0 Å². The second-order valence-corrected chi connectivity index (χ2v) is 5.76. The van der Waals surface area contributed by atoms with E-state index in [4.69, 9.17) is 10.5 Å². The van der Waals surface area contributed by atoms with Crippen molar-refractivity contribution in [1.29, 1.82) is 0 Å². The Morgan fingerprint density at radius 2 is 2.11 bits per heavy atom. The van der Waals surface area contributed by atoms with Gasteiger partial charge in [-0.05, 0) is 25.7 Å². The van der Waals surface area contributed by atoms with Gasteiger partial charge in [-0.2, -0.15) is 0 Å². The average molecular weight is 380 g/mol. The average Bonchev–Trinajstić information content (AvgIpc) is 3.28. The molecule has 1 unspecified atom stereocenters. The molecule has 0 amide bonds. The minimum absolute atomic E-state index is 0. The number of ether oxygens (including phenoxy) is 1. The van der Waals surface area contributed by atoms with Gasteiger partial charge in [0.15, 0.2) is 5.96 Å².